The summed E-state index contributed by atoms with van der Waals surface area (Å²) in [6, 6.07) is 16.3. The van der Waals surface area contributed by atoms with Gasteiger partial charge in [0, 0.05) is 15.8 Å². The third kappa shape index (κ3) is 3.06. The van der Waals surface area contributed by atoms with Crippen molar-refractivity contribution in [2.45, 2.75) is 22.8 Å². The van der Waals surface area contributed by atoms with E-state index in [0.29, 0.717) is 0 Å². The number of ether oxygens (including phenoxy) is 1. The van der Waals surface area contributed by atoms with E-state index in [9.17, 15) is 0 Å². The molecule has 2 N–H and O–H groups in total. The molecule has 0 radical (unpaired) electrons. The van der Waals surface area contributed by atoms with Gasteiger partial charge in [-0.1, -0.05) is 36.0 Å². The zero-order valence-electron chi connectivity index (χ0n) is 10.6. The molecule has 0 aliphatic rings. The Morgan fingerprint density at radius 2 is 1.89 bits per heavy atom. The molecule has 0 saturated carbocycles. The number of hydrogen-bond donors (Lipinski definition) is 1. The van der Waals surface area contributed by atoms with Crippen LogP contribution in [-0.2, 0) is 0 Å². The molecule has 0 amide bonds. The van der Waals surface area contributed by atoms with Crippen LogP contribution in [0.4, 0.5) is 0 Å². The van der Waals surface area contributed by atoms with E-state index >= 15 is 0 Å². The second-order valence-electron chi connectivity index (χ2n) is 4.11. The molecule has 0 aliphatic carbocycles. The van der Waals surface area contributed by atoms with E-state index in [1.165, 1.54) is 10.5 Å². The first-order chi connectivity index (χ1) is 8.70. The molecule has 0 unspecified atom stereocenters. The third-order valence-corrected chi connectivity index (χ3v) is 3.76. The molecule has 2 aromatic rings. The second kappa shape index (κ2) is 5.94. The van der Waals surface area contributed by atoms with E-state index in [2.05, 4.69) is 18.2 Å². The van der Waals surface area contributed by atoms with Crippen molar-refractivity contribution in [1.82, 2.24) is 0 Å². The lowest BCUT2D eigenvalue weighted by molar-refractivity contribution is 0.413. The maximum atomic E-state index is 5.99. The maximum absolute atomic E-state index is 5.99. The zero-order chi connectivity index (χ0) is 13.0. The van der Waals surface area contributed by atoms with Crippen molar-refractivity contribution in [1.29, 1.82) is 0 Å². The van der Waals surface area contributed by atoms with E-state index in [-0.39, 0.29) is 6.04 Å². The van der Waals surface area contributed by atoms with Gasteiger partial charge in [-0.3, -0.25) is 0 Å². The van der Waals surface area contributed by atoms with Gasteiger partial charge in [-0.25, -0.2) is 0 Å². The Kier molecular flexibility index (Phi) is 4.28. The van der Waals surface area contributed by atoms with Crippen molar-refractivity contribution in [3.05, 3.63) is 54.1 Å². The zero-order valence-corrected chi connectivity index (χ0v) is 11.4. The summed E-state index contributed by atoms with van der Waals surface area (Å²) in [5, 5.41) is 0. The summed E-state index contributed by atoms with van der Waals surface area (Å²) in [6.45, 7) is 2.00. The minimum Gasteiger partial charge on any atom is -0.497 e. The first kappa shape index (κ1) is 13.0. The Morgan fingerprint density at radius 3 is 2.61 bits per heavy atom. The average molecular weight is 259 g/mol. The van der Waals surface area contributed by atoms with Crippen LogP contribution in [0.5, 0.6) is 5.75 Å². The van der Waals surface area contributed by atoms with Crippen molar-refractivity contribution in [2.24, 2.45) is 5.73 Å². The predicted molar refractivity (Wildman–Crippen MR) is 76.2 cm³/mol. The van der Waals surface area contributed by atoms with Crippen LogP contribution in [0.3, 0.4) is 0 Å². The highest BCUT2D eigenvalue weighted by atomic mass is 32.2. The number of benzene rings is 2. The maximum Gasteiger partial charge on any atom is 0.119 e. The van der Waals surface area contributed by atoms with Gasteiger partial charge in [0.25, 0.3) is 0 Å². The van der Waals surface area contributed by atoms with Crippen LogP contribution in [0.25, 0.3) is 0 Å². The minimum atomic E-state index is 0.0410. The lowest BCUT2D eigenvalue weighted by atomic mass is 10.1. The van der Waals surface area contributed by atoms with E-state index in [0.717, 1.165) is 10.6 Å². The number of rotatable bonds is 4. The fourth-order valence-electron chi connectivity index (χ4n) is 1.74. The van der Waals surface area contributed by atoms with Crippen molar-refractivity contribution in [2.75, 3.05) is 7.11 Å². The SMILES string of the molecule is COc1cccc(Sc2ccccc2[C@H](C)N)c1. The summed E-state index contributed by atoms with van der Waals surface area (Å²) in [7, 11) is 1.68. The van der Waals surface area contributed by atoms with Gasteiger partial charge in [-0.05, 0) is 36.8 Å². The molecule has 0 bridgehead atoms. The molecule has 0 aliphatic heterocycles. The summed E-state index contributed by atoms with van der Waals surface area (Å²) in [4.78, 5) is 2.35. The Morgan fingerprint density at radius 1 is 1.11 bits per heavy atom. The fraction of sp³-hybridized carbons (Fsp3) is 0.200. The van der Waals surface area contributed by atoms with Crippen molar-refractivity contribution in [3.63, 3.8) is 0 Å². The summed E-state index contributed by atoms with van der Waals surface area (Å²) in [5.74, 6) is 0.873. The monoisotopic (exact) mass is 259 g/mol. The lowest BCUT2D eigenvalue weighted by Gasteiger charge is -2.12. The Balaban J connectivity index is 2.28. The first-order valence-electron chi connectivity index (χ1n) is 5.87. The molecule has 2 nitrogen and oxygen atoms in total. The Hall–Kier alpha value is -1.45. The van der Waals surface area contributed by atoms with E-state index in [4.69, 9.17) is 10.5 Å². The van der Waals surface area contributed by atoms with Gasteiger partial charge in [0.05, 0.1) is 7.11 Å². The third-order valence-electron chi connectivity index (χ3n) is 2.68. The van der Waals surface area contributed by atoms with Crippen LogP contribution in [0.15, 0.2) is 58.3 Å². The summed E-state index contributed by atoms with van der Waals surface area (Å²) >= 11 is 1.71. The molecular weight excluding hydrogens is 242 g/mol. The summed E-state index contributed by atoms with van der Waals surface area (Å²) in [5.41, 5.74) is 7.16. The van der Waals surface area contributed by atoms with Crippen LogP contribution in [0.1, 0.15) is 18.5 Å². The largest absolute Gasteiger partial charge is 0.497 e. The van der Waals surface area contributed by atoms with E-state index in [1.54, 1.807) is 18.9 Å². The molecule has 2 rings (SSSR count). The second-order valence-corrected chi connectivity index (χ2v) is 5.22. The smallest absolute Gasteiger partial charge is 0.119 e. The molecule has 1 atom stereocenters. The molecule has 0 spiro atoms. The highest BCUT2D eigenvalue weighted by Gasteiger charge is 2.07. The van der Waals surface area contributed by atoms with Gasteiger partial charge in [0.1, 0.15) is 5.75 Å². The molecule has 3 heteroatoms. The topological polar surface area (TPSA) is 35.2 Å². The van der Waals surface area contributed by atoms with Crippen molar-refractivity contribution in [3.8, 4) is 5.75 Å². The predicted octanol–water partition coefficient (Wildman–Crippen LogP) is 3.87. The molecule has 0 aromatic heterocycles. The number of methoxy groups -OCH3 is 1. The van der Waals surface area contributed by atoms with E-state index < -0.39 is 0 Å². The van der Waals surface area contributed by atoms with Crippen LogP contribution >= 0.6 is 11.8 Å². The van der Waals surface area contributed by atoms with Crippen LogP contribution < -0.4 is 10.5 Å². The number of nitrogens with two attached hydrogens (primary N) is 1. The van der Waals surface area contributed by atoms with Gasteiger partial charge in [-0.15, -0.1) is 0 Å². The van der Waals surface area contributed by atoms with E-state index in [1.807, 2.05) is 37.3 Å². The molecule has 94 valence electrons. The van der Waals surface area contributed by atoms with Gasteiger partial charge >= 0.3 is 0 Å². The minimum absolute atomic E-state index is 0.0410. The Labute approximate surface area is 112 Å². The van der Waals surface area contributed by atoms with Crippen molar-refractivity contribution < 1.29 is 4.74 Å². The van der Waals surface area contributed by atoms with Crippen LogP contribution in [-0.4, -0.2) is 7.11 Å². The lowest BCUT2D eigenvalue weighted by Crippen LogP contribution is -2.05. The molecule has 0 fully saturated rings. The average Bonchev–Trinajstić information content (AvgIpc) is 2.39. The summed E-state index contributed by atoms with van der Waals surface area (Å²) < 4.78 is 5.23. The molecular formula is C15H17NOS. The normalized spacial score (nSPS) is 12.2. The van der Waals surface area contributed by atoms with Gasteiger partial charge in [0.15, 0.2) is 0 Å². The first-order valence-corrected chi connectivity index (χ1v) is 6.69. The fourth-order valence-corrected chi connectivity index (χ4v) is 2.84. The van der Waals surface area contributed by atoms with Crippen LogP contribution in [0.2, 0.25) is 0 Å². The highest BCUT2D eigenvalue weighted by molar-refractivity contribution is 7.99. The van der Waals surface area contributed by atoms with Gasteiger partial charge < -0.3 is 10.5 Å². The van der Waals surface area contributed by atoms with Gasteiger partial charge in [0.2, 0.25) is 0 Å². The standard InChI is InChI=1S/C15H17NOS/c1-11(16)14-8-3-4-9-15(14)18-13-7-5-6-12(10-13)17-2/h3-11H,16H2,1-2H3/t11-/m0/s1. The van der Waals surface area contributed by atoms with Crippen LogP contribution in [0, 0.1) is 0 Å². The molecule has 0 heterocycles. The highest BCUT2D eigenvalue weighted by Crippen LogP contribution is 2.33. The number of hydrogen-bond acceptors (Lipinski definition) is 3. The molecule has 18 heavy (non-hydrogen) atoms. The quantitative estimate of drug-likeness (QED) is 0.905. The van der Waals surface area contributed by atoms with Gasteiger partial charge in [-0.2, -0.15) is 0 Å². The molecule has 2 aromatic carbocycles. The molecule has 0 saturated heterocycles. The summed E-state index contributed by atoms with van der Waals surface area (Å²) in [6.07, 6.45) is 0. The Bertz CT molecular complexity index is 525. The van der Waals surface area contributed by atoms with Crippen molar-refractivity contribution >= 4 is 11.8 Å².